The number of furan rings is 1. The summed E-state index contributed by atoms with van der Waals surface area (Å²) >= 11 is 0. The van der Waals surface area contributed by atoms with Crippen molar-refractivity contribution in [3.8, 4) is 39.4 Å². The van der Waals surface area contributed by atoms with E-state index in [0.717, 1.165) is 39.1 Å². The smallest absolute Gasteiger partial charge is 0.135 e. The molecule has 0 saturated heterocycles. The lowest BCUT2D eigenvalue weighted by molar-refractivity contribution is 0.436. The maximum Gasteiger partial charge on any atom is 0.135 e. The van der Waals surface area contributed by atoms with Crippen LogP contribution in [0.3, 0.4) is 0 Å². The van der Waals surface area contributed by atoms with Crippen molar-refractivity contribution in [2.45, 2.75) is 5.41 Å². The Morgan fingerprint density at radius 1 is 0.357 bits per heavy atom. The standard InChI is InChI=1S/C53H31NO2/c1-2-15-36-34(13-1)33(32-25-28-50-41(29-32)38-17-5-10-22-49(38)55-50)26-27-47(36)54-46-21-9-4-16-37(46)40-30-39-35-14-3-6-18-42(35)53(45(39)31-48(40)54)43-19-7-11-23-51(43)56-52-24-12-8-20-44(52)53/h1-31H. The Labute approximate surface area is 322 Å². The van der Waals surface area contributed by atoms with Gasteiger partial charge in [-0.25, -0.2) is 0 Å². The molecule has 0 fully saturated rings. The third-order valence-electron chi connectivity index (χ3n) is 12.5. The first-order valence-corrected chi connectivity index (χ1v) is 19.3. The van der Waals surface area contributed by atoms with E-state index >= 15 is 0 Å². The highest BCUT2D eigenvalue weighted by Crippen LogP contribution is 2.62. The quantitative estimate of drug-likeness (QED) is 0.178. The molecule has 0 unspecified atom stereocenters. The van der Waals surface area contributed by atoms with Gasteiger partial charge in [0.05, 0.1) is 22.1 Å². The van der Waals surface area contributed by atoms with Crippen LogP contribution in [0.5, 0.6) is 11.5 Å². The SMILES string of the molecule is c1ccc2c(c1)Oc1ccccc1C21c2ccccc2-c2cc3c4ccccc4n(-c4ccc(-c5ccc6oc7ccccc7c6c5)c5ccccc45)c3cc21. The van der Waals surface area contributed by atoms with Crippen LogP contribution in [0.25, 0.3) is 82.5 Å². The molecule has 1 spiro atoms. The van der Waals surface area contributed by atoms with Gasteiger partial charge >= 0.3 is 0 Å². The van der Waals surface area contributed by atoms with Crippen LogP contribution in [0.2, 0.25) is 0 Å². The number of benzene rings is 9. The van der Waals surface area contributed by atoms with E-state index in [9.17, 15) is 0 Å². The van der Waals surface area contributed by atoms with E-state index < -0.39 is 5.41 Å². The van der Waals surface area contributed by atoms with Crippen LogP contribution in [-0.4, -0.2) is 4.57 Å². The fourth-order valence-corrected chi connectivity index (χ4v) is 10.2. The molecule has 2 aliphatic rings. The van der Waals surface area contributed by atoms with Crippen LogP contribution in [0.1, 0.15) is 22.3 Å². The molecule has 0 amide bonds. The molecule has 0 bridgehead atoms. The summed E-state index contributed by atoms with van der Waals surface area (Å²) in [7, 11) is 0. The van der Waals surface area contributed by atoms with Gasteiger partial charge in [0.25, 0.3) is 0 Å². The van der Waals surface area contributed by atoms with E-state index in [-0.39, 0.29) is 0 Å². The molecule has 56 heavy (non-hydrogen) atoms. The maximum atomic E-state index is 6.65. The molecule has 2 aromatic heterocycles. The summed E-state index contributed by atoms with van der Waals surface area (Å²) in [4.78, 5) is 0. The summed E-state index contributed by atoms with van der Waals surface area (Å²) in [6, 6.07) is 68.3. The first-order valence-electron chi connectivity index (χ1n) is 19.3. The van der Waals surface area contributed by atoms with Gasteiger partial charge in [0.2, 0.25) is 0 Å². The number of para-hydroxylation sites is 4. The molecule has 0 N–H and O–H groups in total. The highest BCUT2D eigenvalue weighted by molar-refractivity contribution is 6.14. The van der Waals surface area contributed by atoms with Crippen molar-refractivity contribution in [3.63, 3.8) is 0 Å². The van der Waals surface area contributed by atoms with Gasteiger partial charge in [0.1, 0.15) is 22.7 Å². The molecule has 3 heteroatoms. The molecule has 3 nitrogen and oxygen atoms in total. The van der Waals surface area contributed by atoms with Crippen LogP contribution in [0.4, 0.5) is 0 Å². The largest absolute Gasteiger partial charge is 0.457 e. The van der Waals surface area contributed by atoms with E-state index in [0.29, 0.717) is 0 Å². The summed E-state index contributed by atoms with van der Waals surface area (Å²) in [5, 5.41) is 7.16. The number of aromatic nitrogens is 1. The summed E-state index contributed by atoms with van der Waals surface area (Å²) in [6.07, 6.45) is 0. The van der Waals surface area contributed by atoms with E-state index in [4.69, 9.17) is 9.15 Å². The van der Waals surface area contributed by atoms with Crippen molar-refractivity contribution in [1.29, 1.82) is 0 Å². The Morgan fingerprint density at radius 3 is 1.82 bits per heavy atom. The molecular weight excluding hydrogens is 683 g/mol. The average Bonchev–Trinajstić information content (AvgIpc) is 3.89. The van der Waals surface area contributed by atoms with Crippen molar-refractivity contribution < 1.29 is 9.15 Å². The molecule has 9 aromatic carbocycles. The first-order chi connectivity index (χ1) is 27.8. The molecule has 1 aliphatic carbocycles. The molecule has 260 valence electrons. The predicted octanol–water partition coefficient (Wildman–Crippen LogP) is 14.0. The lowest BCUT2D eigenvalue weighted by Gasteiger charge is -2.39. The van der Waals surface area contributed by atoms with Gasteiger partial charge in [0, 0.05) is 38.1 Å². The average molecular weight is 714 g/mol. The molecule has 11 aromatic rings. The minimum atomic E-state index is -0.547. The second-order valence-corrected chi connectivity index (χ2v) is 15.1. The summed E-state index contributed by atoms with van der Waals surface area (Å²) in [5.41, 5.74) is 14.6. The zero-order chi connectivity index (χ0) is 36.5. The molecule has 0 radical (unpaired) electrons. The van der Waals surface area contributed by atoms with Crippen LogP contribution >= 0.6 is 0 Å². The third kappa shape index (κ3) is 3.76. The molecule has 3 heterocycles. The molecule has 13 rings (SSSR count). The summed E-state index contributed by atoms with van der Waals surface area (Å²) < 4.78 is 15.3. The number of ether oxygens (including phenoxy) is 1. The van der Waals surface area contributed by atoms with Gasteiger partial charge in [-0.1, -0.05) is 133 Å². The van der Waals surface area contributed by atoms with Crippen molar-refractivity contribution in [2.24, 2.45) is 0 Å². The highest BCUT2D eigenvalue weighted by atomic mass is 16.5. The second-order valence-electron chi connectivity index (χ2n) is 15.1. The zero-order valence-electron chi connectivity index (χ0n) is 30.2. The van der Waals surface area contributed by atoms with Crippen LogP contribution < -0.4 is 4.74 Å². The minimum absolute atomic E-state index is 0.547. The molecule has 1 aliphatic heterocycles. The Bertz CT molecular complexity index is 3430. The fraction of sp³-hybridized carbons (Fsp3) is 0.0189. The molecular formula is C53H31NO2. The predicted molar refractivity (Wildman–Crippen MR) is 228 cm³/mol. The third-order valence-corrected chi connectivity index (χ3v) is 12.5. The number of fused-ring (bicyclic) bond motifs is 16. The van der Waals surface area contributed by atoms with Gasteiger partial charge in [0.15, 0.2) is 0 Å². The second kappa shape index (κ2) is 10.9. The Kier molecular flexibility index (Phi) is 5.83. The van der Waals surface area contributed by atoms with E-state index in [2.05, 4.69) is 180 Å². The number of rotatable bonds is 2. The lowest BCUT2D eigenvalue weighted by Crippen LogP contribution is -2.32. The van der Waals surface area contributed by atoms with Gasteiger partial charge < -0.3 is 13.7 Å². The van der Waals surface area contributed by atoms with Crippen molar-refractivity contribution in [1.82, 2.24) is 4.57 Å². The van der Waals surface area contributed by atoms with E-state index in [1.807, 2.05) is 12.1 Å². The summed E-state index contributed by atoms with van der Waals surface area (Å²) in [5.74, 6) is 1.80. The zero-order valence-corrected chi connectivity index (χ0v) is 30.2. The van der Waals surface area contributed by atoms with Gasteiger partial charge in [-0.3, -0.25) is 0 Å². The van der Waals surface area contributed by atoms with Crippen molar-refractivity contribution in [2.75, 3.05) is 0 Å². The van der Waals surface area contributed by atoms with Gasteiger partial charge in [-0.05, 0) is 93.4 Å². The van der Waals surface area contributed by atoms with Crippen LogP contribution in [0.15, 0.2) is 192 Å². The van der Waals surface area contributed by atoms with Crippen molar-refractivity contribution in [3.05, 3.63) is 210 Å². The molecule has 0 atom stereocenters. The van der Waals surface area contributed by atoms with Gasteiger partial charge in [-0.2, -0.15) is 0 Å². The Morgan fingerprint density at radius 2 is 1.00 bits per heavy atom. The van der Waals surface area contributed by atoms with E-state index in [1.54, 1.807) is 0 Å². The summed E-state index contributed by atoms with van der Waals surface area (Å²) in [6.45, 7) is 0. The van der Waals surface area contributed by atoms with E-state index in [1.165, 1.54) is 77.1 Å². The fourth-order valence-electron chi connectivity index (χ4n) is 10.2. The minimum Gasteiger partial charge on any atom is -0.457 e. The Balaban J connectivity index is 1.11. The number of hydrogen-bond acceptors (Lipinski definition) is 2. The Hall–Kier alpha value is -7.36. The van der Waals surface area contributed by atoms with Crippen LogP contribution in [0, 0.1) is 0 Å². The normalized spacial score (nSPS) is 13.6. The maximum absolute atomic E-state index is 6.65. The lowest BCUT2D eigenvalue weighted by atomic mass is 9.66. The monoisotopic (exact) mass is 713 g/mol. The topological polar surface area (TPSA) is 27.3 Å². The van der Waals surface area contributed by atoms with Crippen LogP contribution in [-0.2, 0) is 5.41 Å². The number of hydrogen-bond donors (Lipinski definition) is 0. The number of nitrogens with zero attached hydrogens (tertiary/aromatic N) is 1. The first kappa shape index (κ1) is 30.0. The molecule has 0 saturated carbocycles. The van der Waals surface area contributed by atoms with Crippen molar-refractivity contribution >= 4 is 54.5 Å². The highest BCUT2D eigenvalue weighted by Gasteiger charge is 2.51. The van der Waals surface area contributed by atoms with Gasteiger partial charge in [-0.15, -0.1) is 0 Å².